The molecular formula is C9H9BrF2. The first kappa shape index (κ1) is 9.65. The Labute approximate surface area is 78.7 Å². The van der Waals surface area contributed by atoms with Gasteiger partial charge in [-0.3, -0.25) is 0 Å². The third kappa shape index (κ3) is 2.03. The summed E-state index contributed by atoms with van der Waals surface area (Å²) in [5, 5.41) is 0. The smallest absolute Gasteiger partial charge is 0.202 e. The molecule has 0 bridgehead atoms. The third-order valence-corrected chi connectivity index (χ3v) is 2.55. The second-order valence-corrected chi connectivity index (χ2v) is 3.71. The standard InChI is InChI=1S/C9H9BrF2/c1-6-5-7(9(2,11)12)3-4-8(6)10/h3-5H,1-2H3. The van der Waals surface area contributed by atoms with E-state index in [0.29, 0.717) is 0 Å². The zero-order valence-corrected chi connectivity index (χ0v) is 8.45. The lowest BCUT2D eigenvalue weighted by atomic mass is 10.1. The van der Waals surface area contributed by atoms with Crippen LogP contribution in [-0.2, 0) is 5.92 Å². The van der Waals surface area contributed by atoms with Gasteiger partial charge in [-0.15, -0.1) is 0 Å². The summed E-state index contributed by atoms with van der Waals surface area (Å²) in [6, 6.07) is 4.56. The molecule has 0 aliphatic rings. The van der Waals surface area contributed by atoms with E-state index in [9.17, 15) is 8.78 Å². The summed E-state index contributed by atoms with van der Waals surface area (Å²) in [7, 11) is 0. The maximum absolute atomic E-state index is 12.8. The molecule has 0 N–H and O–H groups in total. The molecule has 0 nitrogen and oxygen atoms in total. The van der Waals surface area contributed by atoms with Gasteiger partial charge in [0.2, 0.25) is 0 Å². The minimum Gasteiger partial charge on any atom is -0.202 e. The largest absolute Gasteiger partial charge is 0.270 e. The van der Waals surface area contributed by atoms with Crippen LogP contribution < -0.4 is 0 Å². The highest BCUT2D eigenvalue weighted by Gasteiger charge is 2.24. The molecule has 0 heterocycles. The average Bonchev–Trinajstić information content (AvgIpc) is 1.92. The molecule has 1 aromatic carbocycles. The number of benzene rings is 1. The Morgan fingerprint density at radius 1 is 1.33 bits per heavy atom. The van der Waals surface area contributed by atoms with Crippen LogP contribution in [0.4, 0.5) is 8.78 Å². The summed E-state index contributed by atoms with van der Waals surface area (Å²) < 4.78 is 26.4. The molecule has 1 rings (SSSR count). The van der Waals surface area contributed by atoms with Gasteiger partial charge in [-0.2, -0.15) is 0 Å². The molecule has 3 heteroatoms. The van der Waals surface area contributed by atoms with Crippen LogP contribution in [0.15, 0.2) is 22.7 Å². The lowest BCUT2D eigenvalue weighted by Crippen LogP contribution is -2.06. The summed E-state index contributed by atoms with van der Waals surface area (Å²) in [5.41, 5.74) is 0.886. The Hall–Kier alpha value is -0.440. The summed E-state index contributed by atoms with van der Waals surface area (Å²) >= 11 is 3.25. The van der Waals surface area contributed by atoms with Gasteiger partial charge in [0.25, 0.3) is 5.92 Å². The van der Waals surface area contributed by atoms with E-state index < -0.39 is 5.92 Å². The first-order chi connectivity index (χ1) is 5.41. The molecule has 0 aliphatic carbocycles. The normalized spacial score (nSPS) is 11.8. The summed E-state index contributed by atoms with van der Waals surface area (Å²) in [6.45, 7) is 2.69. The number of alkyl halides is 2. The molecular weight excluding hydrogens is 226 g/mol. The van der Waals surface area contributed by atoms with Crippen molar-refractivity contribution in [1.82, 2.24) is 0 Å². The molecule has 0 unspecified atom stereocenters. The Morgan fingerprint density at radius 2 is 1.92 bits per heavy atom. The van der Waals surface area contributed by atoms with E-state index >= 15 is 0 Å². The lowest BCUT2D eigenvalue weighted by molar-refractivity contribution is 0.0174. The van der Waals surface area contributed by atoms with Crippen molar-refractivity contribution in [3.8, 4) is 0 Å². The second kappa shape index (κ2) is 3.13. The predicted molar refractivity (Wildman–Crippen MR) is 48.4 cm³/mol. The molecule has 0 aromatic heterocycles. The quantitative estimate of drug-likeness (QED) is 0.693. The van der Waals surface area contributed by atoms with Crippen molar-refractivity contribution in [2.24, 2.45) is 0 Å². The maximum Gasteiger partial charge on any atom is 0.270 e. The fraction of sp³-hybridized carbons (Fsp3) is 0.333. The van der Waals surface area contributed by atoms with Crippen LogP contribution in [0, 0.1) is 6.92 Å². The number of rotatable bonds is 1. The van der Waals surface area contributed by atoms with Crippen LogP contribution in [-0.4, -0.2) is 0 Å². The molecule has 0 fully saturated rings. The molecule has 1 aromatic rings. The monoisotopic (exact) mass is 234 g/mol. The van der Waals surface area contributed by atoms with Gasteiger partial charge < -0.3 is 0 Å². The van der Waals surface area contributed by atoms with Crippen LogP contribution in [0.1, 0.15) is 18.1 Å². The van der Waals surface area contributed by atoms with Crippen molar-refractivity contribution < 1.29 is 8.78 Å². The minimum atomic E-state index is -2.74. The van der Waals surface area contributed by atoms with Crippen LogP contribution in [0.25, 0.3) is 0 Å². The zero-order chi connectivity index (χ0) is 9.35. The van der Waals surface area contributed by atoms with Crippen molar-refractivity contribution >= 4 is 15.9 Å². The van der Waals surface area contributed by atoms with Gasteiger partial charge in [-0.1, -0.05) is 22.0 Å². The first-order valence-electron chi connectivity index (χ1n) is 3.55. The molecule has 0 saturated carbocycles. The Kier molecular flexibility index (Phi) is 2.52. The fourth-order valence-corrected chi connectivity index (χ4v) is 1.16. The summed E-state index contributed by atoms with van der Waals surface area (Å²) in [5.74, 6) is -2.74. The van der Waals surface area contributed by atoms with Crippen molar-refractivity contribution in [3.05, 3.63) is 33.8 Å². The molecule has 0 spiro atoms. The van der Waals surface area contributed by atoms with E-state index in [4.69, 9.17) is 0 Å². The molecule has 0 atom stereocenters. The third-order valence-electron chi connectivity index (χ3n) is 1.66. The van der Waals surface area contributed by atoms with Crippen molar-refractivity contribution in [2.75, 3.05) is 0 Å². The van der Waals surface area contributed by atoms with Gasteiger partial charge in [-0.05, 0) is 24.6 Å². The fourth-order valence-electron chi connectivity index (χ4n) is 0.918. The van der Waals surface area contributed by atoms with Gasteiger partial charge in [0.05, 0.1) is 0 Å². The van der Waals surface area contributed by atoms with Crippen molar-refractivity contribution in [1.29, 1.82) is 0 Å². The lowest BCUT2D eigenvalue weighted by Gasteiger charge is -2.11. The maximum atomic E-state index is 12.8. The molecule has 0 saturated heterocycles. The van der Waals surface area contributed by atoms with Crippen molar-refractivity contribution in [2.45, 2.75) is 19.8 Å². The minimum absolute atomic E-state index is 0.0585. The predicted octanol–water partition coefficient (Wildman–Crippen LogP) is 3.87. The Bertz CT molecular complexity index is 289. The molecule has 66 valence electrons. The molecule has 0 aliphatic heterocycles. The van der Waals surface area contributed by atoms with E-state index in [-0.39, 0.29) is 5.56 Å². The van der Waals surface area contributed by atoms with Gasteiger partial charge in [0.1, 0.15) is 0 Å². The number of aryl methyl sites for hydroxylation is 1. The van der Waals surface area contributed by atoms with Crippen LogP contribution in [0.5, 0.6) is 0 Å². The Morgan fingerprint density at radius 3 is 2.33 bits per heavy atom. The highest BCUT2D eigenvalue weighted by molar-refractivity contribution is 9.10. The van der Waals surface area contributed by atoms with Gasteiger partial charge >= 0.3 is 0 Å². The van der Waals surface area contributed by atoms with Crippen molar-refractivity contribution in [3.63, 3.8) is 0 Å². The molecule has 0 radical (unpaired) electrons. The highest BCUT2D eigenvalue weighted by atomic mass is 79.9. The van der Waals surface area contributed by atoms with E-state index in [1.807, 2.05) is 0 Å². The topological polar surface area (TPSA) is 0 Å². The first-order valence-corrected chi connectivity index (χ1v) is 4.35. The van der Waals surface area contributed by atoms with E-state index in [1.54, 1.807) is 13.0 Å². The number of hydrogen-bond acceptors (Lipinski definition) is 0. The molecule has 12 heavy (non-hydrogen) atoms. The Balaban J connectivity index is 3.14. The van der Waals surface area contributed by atoms with Gasteiger partial charge in [0, 0.05) is 17.0 Å². The molecule has 0 amide bonds. The zero-order valence-electron chi connectivity index (χ0n) is 6.87. The highest BCUT2D eigenvalue weighted by Crippen LogP contribution is 2.29. The SMILES string of the molecule is Cc1cc(C(C)(F)F)ccc1Br. The van der Waals surface area contributed by atoms with Crippen LogP contribution in [0.3, 0.4) is 0 Å². The number of hydrogen-bond donors (Lipinski definition) is 0. The second-order valence-electron chi connectivity index (χ2n) is 2.85. The average molecular weight is 235 g/mol. The number of halogens is 3. The summed E-state index contributed by atoms with van der Waals surface area (Å²) in [6.07, 6.45) is 0. The van der Waals surface area contributed by atoms with Crippen LogP contribution in [0.2, 0.25) is 0 Å². The van der Waals surface area contributed by atoms with E-state index in [0.717, 1.165) is 17.0 Å². The van der Waals surface area contributed by atoms with Gasteiger partial charge in [0.15, 0.2) is 0 Å². The van der Waals surface area contributed by atoms with E-state index in [2.05, 4.69) is 15.9 Å². The summed E-state index contributed by atoms with van der Waals surface area (Å²) in [4.78, 5) is 0. The van der Waals surface area contributed by atoms with E-state index in [1.165, 1.54) is 12.1 Å². The van der Waals surface area contributed by atoms with Gasteiger partial charge in [-0.25, -0.2) is 8.78 Å². The van der Waals surface area contributed by atoms with Crippen LogP contribution >= 0.6 is 15.9 Å².